The number of carbonyl (C=O) groups is 1. The second-order valence-electron chi connectivity index (χ2n) is 5.27. The smallest absolute Gasteiger partial charge is 0.228 e. The Bertz CT molecular complexity index is 428. The summed E-state index contributed by atoms with van der Waals surface area (Å²) >= 11 is 1.58. The van der Waals surface area contributed by atoms with Gasteiger partial charge >= 0.3 is 0 Å². The highest BCUT2D eigenvalue weighted by atomic mass is 32.1. The number of likely N-dealkylation sites (tertiary alicyclic amines) is 1. The van der Waals surface area contributed by atoms with E-state index in [0.29, 0.717) is 19.4 Å². The third-order valence-electron chi connectivity index (χ3n) is 3.42. The van der Waals surface area contributed by atoms with Crippen molar-refractivity contribution in [3.8, 4) is 0 Å². The molecule has 1 unspecified atom stereocenters. The van der Waals surface area contributed by atoms with E-state index in [0.717, 1.165) is 30.1 Å². The SMILES string of the molecule is Cc1nc(CC(=O)N2CCCC(C)(O)CC2)cs1. The van der Waals surface area contributed by atoms with Crippen molar-refractivity contribution in [2.45, 2.75) is 45.1 Å². The number of carbonyl (C=O) groups excluding carboxylic acids is 1. The Kier molecular flexibility index (Phi) is 4.02. The van der Waals surface area contributed by atoms with E-state index < -0.39 is 5.60 Å². The van der Waals surface area contributed by atoms with Crippen LogP contribution < -0.4 is 0 Å². The first-order chi connectivity index (χ1) is 8.46. The summed E-state index contributed by atoms with van der Waals surface area (Å²) in [6, 6.07) is 0. The molecule has 0 spiro atoms. The molecular weight excluding hydrogens is 248 g/mol. The predicted octanol–water partition coefficient (Wildman–Crippen LogP) is 1.76. The van der Waals surface area contributed by atoms with Crippen molar-refractivity contribution in [2.24, 2.45) is 0 Å². The van der Waals surface area contributed by atoms with E-state index in [9.17, 15) is 9.90 Å². The van der Waals surface area contributed by atoms with Crippen LogP contribution in [0.3, 0.4) is 0 Å². The first-order valence-electron chi connectivity index (χ1n) is 6.37. The van der Waals surface area contributed by atoms with Crippen molar-refractivity contribution < 1.29 is 9.90 Å². The van der Waals surface area contributed by atoms with Gasteiger partial charge in [-0.05, 0) is 33.1 Å². The Morgan fingerprint density at radius 3 is 3.00 bits per heavy atom. The Balaban J connectivity index is 1.93. The average molecular weight is 268 g/mol. The summed E-state index contributed by atoms with van der Waals surface area (Å²) in [6.07, 6.45) is 2.68. The van der Waals surface area contributed by atoms with Crippen LogP contribution in [-0.4, -0.2) is 39.6 Å². The van der Waals surface area contributed by atoms with Gasteiger partial charge in [-0.3, -0.25) is 4.79 Å². The Morgan fingerprint density at radius 2 is 2.33 bits per heavy atom. The number of aryl methyl sites for hydroxylation is 1. The van der Waals surface area contributed by atoms with Gasteiger partial charge in [-0.15, -0.1) is 11.3 Å². The van der Waals surface area contributed by atoms with E-state index >= 15 is 0 Å². The Labute approximate surface area is 112 Å². The quantitative estimate of drug-likeness (QED) is 0.889. The van der Waals surface area contributed by atoms with Gasteiger partial charge in [0.05, 0.1) is 22.7 Å². The molecule has 1 amide bonds. The minimum atomic E-state index is -0.619. The molecule has 18 heavy (non-hydrogen) atoms. The van der Waals surface area contributed by atoms with Crippen LogP contribution in [0.2, 0.25) is 0 Å². The molecule has 1 saturated heterocycles. The van der Waals surface area contributed by atoms with Gasteiger partial charge in [0.25, 0.3) is 0 Å². The molecule has 4 nitrogen and oxygen atoms in total. The summed E-state index contributed by atoms with van der Waals surface area (Å²) in [5, 5.41) is 12.9. The van der Waals surface area contributed by atoms with Gasteiger partial charge in [0.2, 0.25) is 5.91 Å². The summed E-state index contributed by atoms with van der Waals surface area (Å²) in [4.78, 5) is 18.3. The van der Waals surface area contributed by atoms with Crippen LogP contribution in [0, 0.1) is 6.92 Å². The third-order valence-corrected chi connectivity index (χ3v) is 4.24. The lowest BCUT2D eigenvalue weighted by Gasteiger charge is -2.22. The largest absolute Gasteiger partial charge is 0.390 e. The number of thiazole rings is 1. The first kappa shape index (κ1) is 13.5. The van der Waals surface area contributed by atoms with Crippen LogP contribution in [0.25, 0.3) is 0 Å². The van der Waals surface area contributed by atoms with Crippen molar-refractivity contribution in [3.05, 3.63) is 16.1 Å². The molecule has 1 aromatic rings. The van der Waals surface area contributed by atoms with E-state index in [1.165, 1.54) is 0 Å². The maximum atomic E-state index is 12.1. The normalized spacial score (nSPS) is 24.9. The number of amides is 1. The topological polar surface area (TPSA) is 53.4 Å². The monoisotopic (exact) mass is 268 g/mol. The molecular formula is C13H20N2O2S. The molecule has 0 aliphatic carbocycles. The maximum Gasteiger partial charge on any atom is 0.228 e. The van der Waals surface area contributed by atoms with E-state index in [2.05, 4.69) is 4.98 Å². The second-order valence-corrected chi connectivity index (χ2v) is 6.33. The number of hydrogen-bond donors (Lipinski definition) is 1. The van der Waals surface area contributed by atoms with Gasteiger partial charge in [-0.2, -0.15) is 0 Å². The molecule has 100 valence electrons. The fraction of sp³-hybridized carbons (Fsp3) is 0.692. The third kappa shape index (κ3) is 3.53. The molecule has 2 rings (SSSR count). The number of nitrogens with zero attached hydrogens (tertiary/aromatic N) is 2. The van der Waals surface area contributed by atoms with Crippen LogP contribution in [0.4, 0.5) is 0 Å². The standard InChI is InChI=1S/C13H20N2O2S/c1-10-14-11(9-18-10)8-12(16)15-6-3-4-13(2,17)5-7-15/h9,17H,3-8H2,1-2H3. The summed E-state index contributed by atoms with van der Waals surface area (Å²) in [5.74, 6) is 0.123. The van der Waals surface area contributed by atoms with Crippen molar-refractivity contribution >= 4 is 17.2 Å². The van der Waals surface area contributed by atoms with Gasteiger partial charge < -0.3 is 10.0 Å². The first-order valence-corrected chi connectivity index (χ1v) is 7.25. The van der Waals surface area contributed by atoms with Crippen molar-refractivity contribution in [3.63, 3.8) is 0 Å². The van der Waals surface area contributed by atoms with E-state index in [1.54, 1.807) is 11.3 Å². The summed E-state index contributed by atoms with van der Waals surface area (Å²) in [5.41, 5.74) is 0.241. The molecule has 0 saturated carbocycles. The number of aromatic nitrogens is 1. The average Bonchev–Trinajstić information content (AvgIpc) is 2.58. The number of aliphatic hydroxyl groups is 1. The summed E-state index contributed by atoms with van der Waals surface area (Å²) < 4.78 is 0. The molecule has 0 radical (unpaired) electrons. The zero-order chi connectivity index (χ0) is 13.2. The zero-order valence-corrected chi connectivity index (χ0v) is 11.8. The molecule has 0 aromatic carbocycles. The number of hydrogen-bond acceptors (Lipinski definition) is 4. The van der Waals surface area contributed by atoms with Gasteiger partial charge in [0, 0.05) is 18.5 Å². The van der Waals surface area contributed by atoms with E-state index in [1.807, 2.05) is 24.1 Å². The maximum absolute atomic E-state index is 12.1. The molecule has 1 aromatic heterocycles. The van der Waals surface area contributed by atoms with Gasteiger partial charge in [0.15, 0.2) is 0 Å². The van der Waals surface area contributed by atoms with Crippen LogP contribution >= 0.6 is 11.3 Å². The molecule has 1 aliphatic rings. The molecule has 1 N–H and O–H groups in total. The van der Waals surface area contributed by atoms with Gasteiger partial charge in [-0.25, -0.2) is 4.98 Å². The Hall–Kier alpha value is -0.940. The van der Waals surface area contributed by atoms with Crippen molar-refractivity contribution in [1.29, 1.82) is 0 Å². The van der Waals surface area contributed by atoms with E-state index in [4.69, 9.17) is 0 Å². The molecule has 1 atom stereocenters. The summed E-state index contributed by atoms with van der Waals surface area (Å²) in [7, 11) is 0. The molecule has 0 bridgehead atoms. The molecule has 1 aliphatic heterocycles. The minimum Gasteiger partial charge on any atom is -0.390 e. The van der Waals surface area contributed by atoms with Crippen molar-refractivity contribution in [1.82, 2.24) is 9.88 Å². The highest BCUT2D eigenvalue weighted by molar-refractivity contribution is 7.09. The highest BCUT2D eigenvalue weighted by Crippen LogP contribution is 2.22. The lowest BCUT2D eigenvalue weighted by atomic mass is 9.98. The fourth-order valence-corrected chi connectivity index (χ4v) is 2.88. The summed E-state index contributed by atoms with van der Waals surface area (Å²) in [6.45, 7) is 5.19. The van der Waals surface area contributed by atoms with Crippen LogP contribution in [-0.2, 0) is 11.2 Å². The van der Waals surface area contributed by atoms with Crippen LogP contribution in [0.5, 0.6) is 0 Å². The second kappa shape index (κ2) is 5.36. The highest BCUT2D eigenvalue weighted by Gasteiger charge is 2.27. The van der Waals surface area contributed by atoms with Gasteiger partial charge in [-0.1, -0.05) is 0 Å². The number of rotatable bonds is 2. The lowest BCUT2D eigenvalue weighted by molar-refractivity contribution is -0.130. The molecule has 2 heterocycles. The zero-order valence-electron chi connectivity index (χ0n) is 11.0. The molecule has 5 heteroatoms. The minimum absolute atomic E-state index is 0.123. The molecule has 1 fully saturated rings. The van der Waals surface area contributed by atoms with Crippen LogP contribution in [0.15, 0.2) is 5.38 Å². The van der Waals surface area contributed by atoms with Gasteiger partial charge in [0.1, 0.15) is 0 Å². The van der Waals surface area contributed by atoms with Crippen LogP contribution in [0.1, 0.15) is 36.9 Å². The van der Waals surface area contributed by atoms with E-state index in [-0.39, 0.29) is 5.91 Å². The van der Waals surface area contributed by atoms with Crippen molar-refractivity contribution in [2.75, 3.05) is 13.1 Å². The Morgan fingerprint density at radius 1 is 1.56 bits per heavy atom. The predicted molar refractivity (Wildman–Crippen MR) is 71.6 cm³/mol. The fourth-order valence-electron chi connectivity index (χ4n) is 2.27. The lowest BCUT2D eigenvalue weighted by Crippen LogP contribution is -2.34.